The van der Waals surface area contributed by atoms with E-state index in [9.17, 15) is 0 Å². The van der Waals surface area contributed by atoms with E-state index in [0.29, 0.717) is 6.04 Å². The summed E-state index contributed by atoms with van der Waals surface area (Å²) in [7, 11) is 0. The van der Waals surface area contributed by atoms with Crippen LogP contribution in [0.1, 0.15) is 65.0 Å². The summed E-state index contributed by atoms with van der Waals surface area (Å²) in [4.78, 5) is 4.64. The standard InChI is InChI=1S/C15H26N2O/c1-10(2)16-15-17(11(3)4)13-8-6-7-12(5)9-14(13)18-15/h10-12H,6-9H2,1-5H3/b16-15-. The summed E-state index contributed by atoms with van der Waals surface area (Å²) in [6, 6.07) is 0.700. The summed E-state index contributed by atoms with van der Waals surface area (Å²) >= 11 is 0. The van der Waals surface area contributed by atoms with Gasteiger partial charge in [-0.3, -0.25) is 4.57 Å². The van der Waals surface area contributed by atoms with Gasteiger partial charge >= 0.3 is 0 Å². The second kappa shape index (κ2) is 5.33. The predicted molar refractivity (Wildman–Crippen MR) is 73.6 cm³/mol. The van der Waals surface area contributed by atoms with Crippen LogP contribution >= 0.6 is 0 Å². The molecule has 0 aliphatic heterocycles. The smallest absolute Gasteiger partial charge is 0.297 e. The Bertz CT molecular complexity index is 465. The summed E-state index contributed by atoms with van der Waals surface area (Å²) in [6.45, 7) is 10.9. The van der Waals surface area contributed by atoms with Crippen LogP contribution in [0.15, 0.2) is 9.41 Å². The van der Waals surface area contributed by atoms with E-state index in [4.69, 9.17) is 4.42 Å². The fraction of sp³-hybridized carbons (Fsp3) is 0.800. The summed E-state index contributed by atoms with van der Waals surface area (Å²) in [5, 5.41) is 0. The lowest BCUT2D eigenvalue weighted by Gasteiger charge is -2.10. The van der Waals surface area contributed by atoms with Crippen molar-refractivity contribution in [3.63, 3.8) is 0 Å². The van der Waals surface area contributed by atoms with Gasteiger partial charge in [-0.15, -0.1) is 0 Å². The van der Waals surface area contributed by atoms with Gasteiger partial charge in [0.25, 0.3) is 5.68 Å². The van der Waals surface area contributed by atoms with Gasteiger partial charge in [-0.25, -0.2) is 4.99 Å². The Morgan fingerprint density at radius 3 is 2.61 bits per heavy atom. The van der Waals surface area contributed by atoms with Crippen LogP contribution in [0.3, 0.4) is 0 Å². The van der Waals surface area contributed by atoms with E-state index in [1.54, 1.807) is 0 Å². The topological polar surface area (TPSA) is 30.4 Å². The lowest BCUT2D eigenvalue weighted by molar-refractivity contribution is 0.382. The monoisotopic (exact) mass is 250 g/mol. The maximum Gasteiger partial charge on any atom is 0.297 e. The van der Waals surface area contributed by atoms with Crippen LogP contribution in [0.5, 0.6) is 0 Å². The van der Waals surface area contributed by atoms with Crippen molar-refractivity contribution in [1.82, 2.24) is 4.57 Å². The van der Waals surface area contributed by atoms with Gasteiger partial charge in [0.15, 0.2) is 0 Å². The van der Waals surface area contributed by atoms with Gasteiger partial charge in [0.2, 0.25) is 0 Å². The molecule has 1 atom stereocenters. The third-order valence-electron chi connectivity index (χ3n) is 3.56. The second-order valence-electron chi connectivity index (χ2n) is 6.14. The van der Waals surface area contributed by atoms with Crippen molar-refractivity contribution in [2.75, 3.05) is 0 Å². The van der Waals surface area contributed by atoms with E-state index in [0.717, 1.165) is 24.4 Å². The van der Waals surface area contributed by atoms with Crippen molar-refractivity contribution < 1.29 is 4.42 Å². The Balaban J connectivity index is 2.54. The zero-order chi connectivity index (χ0) is 13.3. The molecule has 0 N–H and O–H groups in total. The van der Waals surface area contributed by atoms with Crippen molar-refractivity contribution in [2.24, 2.45) is 10.9 Å². The molecule has 1 aliphatic rings. The highest BCUT2D eigenvalue weighted by molar-refractivity contribution is 5.13. The van der Waals surface area contributed by atoms with Crippen LogP contribution in [-0.4, -0.2) is 10.6 Å². The van der Waals surface area contributed by atoms with E-state index < -0.39 is 0 Å². The molecule has 3 heteroatoms. The number of fused-ring (bicyclic) bond motifs is 1. The third-order valence-corrected chi connectivity index (χ3v) is 3.56. The van der Waals surface area contributed by atoms with Gasteiger partial charge in [-0.05, 0) is 52.9 Å². The Kier molecular flexibility index (Phi) is 3.98. The largest absolute Gasteiger partial charge is 0.428 e. The van der Waals surface area contributed by atoms with Crippen molar-refractivity contribution in [1.29, 1.82) is 0 Å². The van der Waals surface area contributed by atoms with Gasteiger partial charge in [-0.1, -0.05) is 6.92 Å². The molecule has 1 aromatic heterocycles. The lowest BCUT2D eigenvalue weighted by Crippen LogP contribution is -2.22. The average Bonchev–Trinajstić information content (AvgIpc) is 2.45. The molecule has 1 unspecified atom stereocenters. The number of oxazole rings is 1. The van der Waals surface area contributed by atoms with Gasteiger partial charge < -0.3 is 4.42 Å². The Morgan fingerprint density at radius 1 is 1.28 bits per heavy atom. The van der Waals surface area contributed by atoms with E-state index in [-0.39, 0.29) is 6.04 Å². The van der Waals surface area contributed by atoms with Crippen molar-refractivity contribution in [3.8, 4) is 0 Å². The molecule has 0 radical (unpaired) electrons. The van der Waals surface area contributed by atoms with Crippen molar-refractivity contribution in [2.45, 2.75) is 72.4 Å². The summed E-state index contributed by atoms with van der Waals surface area (Å²) in [6.07, 6.45) is 4.77. The molecule has 0 aromatic carbocycles. The maximum absolute atomic E-state index is 6.06. The van der Waals surface area contributed by atoms with Crippen LogP contribution in [-0.2, 0) is 12.8 Å². The molecule has 1 heterocycles. The summed E-state index contributed by atoms with van der Waals surface area (Å²) in [5.41, 5.74) is 2.20. The van der Waals surface area contributed by atoms with Crippen LogP contribution in [0.25, 0.3) is 0 Å². The molecule has 102 valence electrons. The van der Waals surface area contributed by atoms with Crippen LogP contribution in [0, 0.1) is 5.92 Å². The summed E-state index contributed by atoms with van der Waals surface area (Å²) in [5.74, 6) is 1.90. The molecule has 0 spiro atoms. The predicted octanol–water partition coefficient (Wildman–Crippen LogP) is 3.49. The van der Waals surface area contributed by atoms with E-state index in [1.165, 1.54) is 24.3 Å². The number of rotatable bonds is 2. The highest BCUT2D eigenvalue weighted by Crippen LogP contribution is 2.25. The first-order valence-electron chi connectivity index (χ1n) is 7.26. The zero-order valence-corrected chi connectivity index (χ0v) is 12.4. The maximum atomic E-state index is 6.06. The van der Waals surface area contributed by atoms with Gasteiger partial charge in [0.1, 0.15) is 5.76 Å². The second-order valence-corrected chi connectivity index (χ2v) is 6.14. The Hall–Kier alpha value is -0.990. The van der Waals surface area contributed by atoms with Crippen LogP contribution in [0.4, 0.5) is 0 Å². The molecule has 1 aromatic rings. The third kappa shape index (κ3) is 2.70. The summed E-state index contributed by atoms with van der Waals surface area (Å²) < 4.78 is 8.36. The minimum absolute atomic E-state index is 0.280. The highest BCUT2D eigenvalue weighted by atomic mass is 16.4. The number of hydrogen-bond acceptors (Lipinski definition) is 2. The quantitative estimate of drug-likeness (QED) is 0.739. The van der Waals surface area contributed by atoms with E-state index >= 15 is 0 Å². The van der Waals surface area contributed by atoms with E-state index in [2.05, 4.69) is 44.2 Å². The molecule has 18 heavy (non-hydrogen) atoms. The zero-order valence-electron chi connectivity index (χ0n) is 12.4. The molecule has 0 saturated heterocycles. The highest BCUT2D eigenvalue weighted by Gasteiger charge is 2.22. The minimum Gasteiger partial charge on any atom is -0.428 e. The van der Waals surface area contributed by atoms with Crippen molar-refractivity contribution >= 4 is 0 Å². The lowest BCUT2D eigenvalue weighted by atomic mass is 10.0. The Labute approximate surface area is 110 Å². The minimum atomic E-state index is 0.280. The average molecular weight is 250 g/mol. The van der Waals surface area contributed by atoms with Crippen LogP contribution in [0.2, 0.25) is 0 Å². The molecule has 1 aliphatic carbocycles. The van der Waals surface area contributed by atoms with E-state index in [1.807, 2.05) is 0 Å². The molecule has 0 fully saturated rings. The molecule has 3 nitrogen and oxygen atoms in total. The first kappa shape index (κ1) is 13.4. The number of nitrogens with zero attached hydrogens (tertiary/aromatic N) is 2. The van der Waals surface area contributed by atoms with Gasteiger partial charge in [0, 0.05) is 18.5 Å². The molecular weight excluding hydrogens is 224 g/mol. The van der Waals surface area contributed by atoms with Crippen LogP contribution < -0.4 is 5.68 Å². The Morgan fingerprint density at radius 2 is 2.00 bits per heavy atom. The van der Waals surface area contributed by atoms with Gasteiger partial charge in [-0.2, -0.15) is 0 Å². The number of hydrogen-bond donors (Lipinski definition) is 0. The molecule has 0 amide bonds. The molecule has 0 saturated carbocycles. The SMILES string of the molecule is CC1CCCc2c(o/c(=N\C(C)C)n2C(C)C)C1. The normalized spacial score (nSPS) is 21.5. The fourth-order valence-corrected chi connectivity index (χ4v) is 2.77. The van der Waals surface area contributed by atoms with Crippen molar-refractivity contribution in [3.05, 3.63) is 17.1 Å². The molecular formula is C15H26N2O. The first-order valence-corrected chi connectivity index (χ1v) is 7.26. The molecule has 0 bridgehead atoms. The van der Waals surface area contributed by atoms with Gasteiger partial charge in [0.05, 0.1) is 5.69 Å². The number of aromatic nitrogens is 1. The molecule has 2 rings (SSSR count). The fourth-order valence-electron chi connectivity index (χ4n) is 2.77. The first-order chi connectivity index (χ1) is 8.49.